The summed E-state index contributed by atoms with van der Waals surface area (Å²) in [6.45, 7) is 12.6. The Bertz CT molecular complexity index is 1250. The van der Waals surface area contributed by atoms with Crippen LogP contribution in [0.25, 0.3) is 0 Å². The van der Waals surface area contributed by atoms with Crippen molar-refractivity contribution in [3.63, 3.8) is 0 Å². The number of Topliss-reactive ketones (excluding diaryl/α,β-unsaturated/α-hetero) is 1. The van der Waals surface area contributed by atoms with Gasteiger partial charge in [0.1, 0.15) is 12.4 Å². The Kier molecular flexibility index (Phi) is 7.16. The number of carbonyl (C=O) groups excluding carboxylic acids is 2. The van der Waals surface area contributed by atoms with Crippen molar-refractivity contribution in [3.8, 4) is 5.75 Å². The van der Waals surface area contributed by atoms with E-state index in [2.05, 4.69) is 25.2 Å². The van der Waals surface area contributed by atoms with E-state index in [-0.39, 0.29) is 23.8 Å². The molecule has 1 aromatic carbocycles. The van der Waals surface area contributed by atoms with Crippen LogP contribution in [0.5, 0.6) is 5.75 Å². The van der Waals surface area contributed by atoms with E-state index in [9.17, 15) is 9.59 Å². The third kappa shape index (κ3) is 5.19. The van der Waals surface area contributed by atoms with Crippen molar-refractivity contribution in [3.05, 3.63) is 72.7 Å². The first-order chi connectivity index (χ1) is 16.5. The van der Waals surface area contributed by atoms with Gasteiger partial charge in [0, 0.05) is 43.7 Å². The average molecular weight is 514 g/mol. The van der Waals surface area contributed by atoms with Gasteiger partial charge in [-0.15, -0.1) is 11.3 Å². The number of allylic oxidation sites excluding steroid dienone is 3. The van der Waals surface area contributed by atoms with Crippen molar-refractivity contribution in [2.75, 3.05) is 6.61 Å². The number of esters is 1. The molecule has 0 radical (unpaired) electrons. The third-order valence-corrected chi connectivity index (χ3v) is 7.97. The van der Waals surface area contributed by atoms with Crippen LogP contribution in [0.3, 0.4) is 0 Å². The zero-order valence-electron chi connectivity index (χ0n) is 21.1. The summed E-state index contributed by atoms with van der Waals surface area (Å²) < 4.78 is 11.5. The van der Waals surface area contributed by atoms with E-state index in [0.29, 0.717) is 29.2 Å². The lowest BCUT2D eigenvalue weighted by atomic mass is 9.70. The third-order valence-electron chi connectivity index (χ3n) is 6.58. The van der Waals surface area contributed by atoms with E-state index < -0.39 is 5.92 Å². The molecule has 186 valence electrons. The number of halogens is 1. The first-order valence-electron chi connectivity index (χ1n) is 11.9. The summed E-state index contributed by atoms with van der Waals surface area (Å²) in [5, 5.41) is 4.05. The Hall–Kier alpha value is -2.57. The largest absolute Gasteiger partial charge is 0.489 e. The first-order valence-corrected chi connectivity index (χ1v) is 13.1. The van der Waals surface area contributed by atoms with Crippen molar-refractivity contribution >= 4 is 34.7 Å². The lowest BCUT2D eigenvalue weighted by molar-refractivity contribution is -0.138. The number of rotatable bonds is 6. The van der Waals surface area contributed by atoms with Crippen LogP contribution >= 0.6 is 22.9 Å². The smallest absolute Gasteiger partial charge is 0.336 e. The van der Waals surface area contributed by atoms with E-state index in [1.54, 1.807) is 18.3 Å². The molecule has 2 aliphatic rings. The van der Waals surface area contributed by atoms with Gasteiger partial charge in [-0.3, -0.25) is 4.79 Å². The Morgan fingerprint density at radius 2 is 1.94 bits per heavy atom. The number of dihydropyridines is 1. The van der Waals surface area contributed by atoms with Crippen molar-refractivity contribution in [1.82, 2.24) is 5.32 Å². The minimum absolute atomic E-state index is 0.0868. The lowest BCUT2D eigenvalue weighted by Crippen LogP contribution is -2.38. The second kappa shape index (κ2) is 9.82. The standard InChI is InChI=1S/C28H32ClNO4S/c1-7-33-27(32)24-16(3)30-20-12-28(5,6)13-21(31)25(20)26(24)23-11-18(17(4)35-23)14-34-22-9-8-19(29)10-15(22)2/h8-11,26,30H,7,12-14H2,1-6H3. The summed E-state index contributed by atoms with van der Waals surface area (Å²) in [7, 11) is 0. The van der Waals surface area contributed by atoms with Crippen LogP contribution in [0.4, 0.5) is 0 Å². The number of ether oxygens (including phenoxy) is 2. The van der Waals surface area contributed by atoms with Crippen molar-refractivity contribution in [2.24, 2.45) is 5.41 Å². The zero-order valence-corrected chi connectivity index (χ0v) is 22.7. The Morgan fingerprint density at radius 1 is 1.20 bits per heavy atom. The summed E-state index contributed by atoms with van der Waals surface area (Å²) in [6, 6.07) is 7.64. The van der Waals surface area contributed by atoms with Crippen LogP contribution in [0.2, 0.25) is 5.02 Å². The summed E-state index contributed by atoms with van der Waals surface area (Å²) >= 11 is 7.68. The van der Waals surface area contributed by atoms with Gasteiger partial charge in [0.25, 0.3) is 0 Å². The number of aryl methyl sites for hydroxylation is 2. The van der Waals surface area contributed by atoms with Gasteiger partial charge in [-0.1, -0.05) is 25.4 Å². The number of thiophene rings is 1. The molecule has 0 saturated carbocycles. The van der Waals surface area contributed by atoms with Crippen LogP contribution in [-0.2, 0) is 20.9 Å². The molecular weight excluding hydrogens is 482 g/mol. The summed E-state index contributed by atoms with van der Waals surface area (Å²) in [5.74, 6) is 0.0423. The van der Waals surface area contributed by atoms with Gasteiger partial charge in [-0.05, 0) is 69.4 Å². The van der Waals surface area contributed by atoms with Crippen LogP contribution in [0, 0.1) is 19.3 Å². The summed E-state index contributed by atoms with van der Waals surface area (Å²) in [6.07, 6.45) is 1.21. The fraction of sp³-hybridized carbons (Fsp3) is 0.429. The number of hydrogen-bond donors (Lipinski definition) is 1. The van der Waals surface area contributed by atoms with E-state index in [4.69, 9.17) is 21.1 Å². The highest BCUT2D eigenvalue weighted by atomic mass is 35.5. The van der Waals surface area contributed by atoms with E-state index in [1.807, 2.05) is 39.0 Å². The molecule has 0 saturated heterocycles. The highest BCUT2D eigenvalue weighted by Gasteiger charge is 2.43. The quantitative estimate of drug-likeness (QED) is 0.432. The maximum absolute atomic E-state index is 13.4. The van der Waals surface area contributed by atoms with Crippen LogP contribution in [-0.4, -0.2) is 18.4 Å². The molecule has 35 heavy (non-hydrogen) atoms. The molecule has 0 fully saturated rings. The summed E-state index contributed by atoms with van der Waals surface area (Å²) in [5.41, 5.74) is 4.75. The van der Waals surface area contributed by atoms with Gasteiger partial charge < -0.3 is 14.8 Å². The van der Waals surface area contributed by atoms with E-state index in [1.165, 1.54) is 0 Å². The molecular formula is C28H32ClNO4S. The zero-order chi connectivity index (χ0) is 25.5. The topological polar surface area (TPSA) is 64.6 Å². The van der Waals surface area contributed by atoms with Crippen LogP contribution in [0.1, 0.15) is 67.3 Å². The van der Waals surface area contributed by atoms with Crippen molar-refractivity contribution < 1.29 is 19.1 Å². The van der Waals surface area contributed by atoms with Gasteiger partial charge in [0.05, 0.1) is 18.1 Å². The van der Waals surface area contributed by atoms with Gasteiger partial charge in [0.15, 0.2) is 5.78 Å². The first kappa shape index (κ1) is 25.5. The number of nitrogens with one attached hydrogen (secondary N) is 1. The SMILES string of the molecule is CCOC(=O)C1=C(C)NC2=C(C(=O)CC(C)(C)C2)C1c1cc(COc2ccc(Cl)cc2C)c(C)s1. The second-order valence-corrected chi connectivity index (χ2v) is 11.8. The monoisotopic (exact) mass is 513 g/mol. The van der Waals surface area contributed by atoms with Gasteiger partial charge in [-0.2, -0.15) is 0 Å². The van der Waals surface area contributed by atoms with Gasteiger partial charge in [-0.25, -0.2) is 4.79 Å². The van der Waals surface area contributed by atoms with E-state index in [0.717, 1.165) is 44.4 Å². The molecule has 7 heteroatoms. The molecule has 2 aromatic rings. The van der Waals surface area contributed by atoms with Crippen LogP contribution < -0.4 is 10.1 Å². The Labute approximate surface area is 216 Å². The van der Waals surface area contributed by atoms with Crippen molar-refractivity contribution in [2.45, 2.75) is 66.9 Å². The summed E-state index contributed by atoms with van der Waals surface area (Å²) in [4.78, 5) is 28.6. The molecule has 1 aliphatic heterocycles. The number of benzene rings is 1. The van der Waals surface area contributed by atoms with Gasteiger partial charge >= 0.3 is 5.97 Å². The molecule has 1 aliphatic carbocycles. The minimum atomic E-state index is -0.441. The Balaban J connectivity index is 1.73. The number of hydrogen-bond acceptors (Lipinski definition) is 6. The minimum Gasteiger partial charge on any atom is -0.489 e. The molecule has 5 nitrogen and oxygen atoms in total. The molecule has 1 unspecified atom stereocenters. The van der Waals surface area contributed by atoms with Crippen molar-refractivity contribution in [1.29, 1.82) is 0 Å². The number of ketones is 1. The number of carbonyl (C=O) groups is 2. The predicted molar refractivity (Wildman–Crippen MR) is 140 cm³/mol. The predicted octanol–water partition coefficient (Wildman–Crippen LogP) is 6.76. The maximum Gasteiger partial charge on any atom is 0.336 e. The molecule has 0 spiro atoms. The highest BCUT2D eigenvalue weighted by molar-refractivity contribution is 7.12. The Morgan fingerprint density at radius 3 is 2.63 bits per heavy atom. The molecule has 0 amide bonds. The fourth-order valence-electron chi connectivity index (χ4n) is 4.96. The molecule has 1 aromatic heterocycles. The van der Waals surface area contributed by atoms with Gasteiger partial charge in [0.2, 0.25) is 0 Å². The molecule has 1 atom stereocenters. The van der Waals surface area contributed by atoms with E-state index >= 15 is 0 Å². The fourth-order valence-corrected chi connectivity index (χ4v) is 6.34. The molecule has 2 heterocycles. The second-order valence-electron chi connectivity index (χ2n) is 10.1. The molecule has 4 rings (SSSR count). The average Bonchev–Trinajstić information content (AvgIpc) is 3.11. The lowest BCUT2D eigenvalue weighted by Gasteiger charge is -2.39. The highest BCUT2D eigenvalue weighted by Crippen LogP contribution is 2.48. The molecule has 0 bridgehead atoms. The molecule has 1 N–H and O–H groups in total. The normalized spacial score (nSPS) is 19.4. The maximum atomic E-state index is 13.4. The van der Waals surface area contributed by atoms with Crippen LogP contribution in [0.15, 0.2) is 46.8 Å².